The zero-order chi connectivity index (χ0) is 17.2. The van der Waals surface area contributed by atoms with Crippen molar-refractivity contribution in [2.45, 2.75) is 26.2 Å². The maximum absolute atomic E-state index is 12.5. The molecule has 0 amide bonds. The Kier molecular flexibility index (Phi) is 6.79. The second kappa shape index (κ2) is 9.32. The van der Waals surface area contributed by atoms with Gasteiger partial charge in [-0.05, 0) is 18.6 Å². The van der Waals surface area contributed by atoms with E-state index < -0.39 is 0 Å². The van der Waals surface area contributed by atoms with E-state index in [1.54, 1.807) is 30.3 Å². The summed E-state index contributed by atoms with van der Waals surface area (Å²) >= 11 is 0. The molecular formula is C21H21NO2. The largest absolute Gasteiger partial charge is 0.493 e. The zero-order valence-electron chi connectivity index (χ0n) is 13.9. The van der Waals surface area contributed by atoms with Gasteiger partial charge in [-0.3, -0.25) is 4.79 Å². The van der Waals surface area contributed by atoms with Crippen molar-refractivity contribution in [1.82, 2.24) is 0 Å². The first kappa shape index (κ1) is 17.5. The third kappa shape index (κ3) is 4.82. The first-order valence-corrected chi connectivity index (χ1v) is 8.19. The number of nitriles is 1. The van der Waals surface area contributed by atoms with Crippen LogP contribution in [0.3, 0.4) is 0 Å². The molecule has 122 valence electrons. The standard InChI is InChI=1S/C21H21NO2/c1-2-3-9-14-24-20-13-8-7-12-18(20)15-19(16-22)21(23)17-10-5-4-6-11-17/h4-8,10-13,15H,2-3,9,14H2,1H3/b19-15-. The van der Waals surface area contributed by atoms with Gasteiger partial charge in [-0.2, -0.15) is 5.26 Å². The summed E-state index contributed by atoms with van der Waals surface area (Å²) in [7, 11) is 0. The van der Waals surface area contributed by atoms with Crippen molar-refractivity contribution in [2.24, 2.45) is 0 Å². The van der Waals surface area contributed by atoms with Gasteiger partial charge >= 0.3 is 0 Å². The highest BCUT2D eigenvalue weighted by atomic mass is 16.5. The number of unbranched alkanes of at least 4 members (excludes halogenated alkanes) is 2. The number of nitrogens with zero attached hydrogens (tertiary/aromatic N) is 1. The Labute approximate surface area is 143 Å². The van der Waals surface area contributed by atoms with Crippen molar-refractivity contribution >= 4 is 11.9 Å². The van der Waals surface area contributed by atoms with Crippen LogP contribution in [0.25, 0.3) is 6.08 Å². The molecule has 0 spiro atoms. The molecule has 0 aromatic heterocycles. The normalized spacial score (nSPS) is 10.9. The van der Waals surface area contributed by atoms with E-state index in [1.165, 1.54) is 0 Å². The highest BCUT2D eigenvalue weighted by Gasteiger charge is 2.12. The van der Waals surface area contributed by atoms with E-state index in [0.29, 0.717) is 17.9 Å². The number of para-hydroxylation sites is 1. The van der Waals surface area contributed by atoms with Gasteiger partial charge in [0.05, 0.1) is 6.61 Å². The van der Waals surface area contributed by atoms with E-state index in [0.717, 1.165) is 24.8 Å². The zero-order valence-corrected chi connectivity index (χ0v) is 13.9. The van der Waals surface area contributed by atoms with Crippen molar-refractivity contribution in [3.05, 3.63) is 71.3 Å². The lowest BCUT2D eigenvalue weighted by atomic mass is 10.0. The van der Waals surface area contributed by atoms with Crippen molar-refractivity contribution < 1.29 is 9.53 Å². The summed E-state index contributed by atoms with van der Waals surface area (Å²) in [6.07, 6.45) is 4.84. The lowest BCUT2D eigenvalue weighted by molar-refractivity contribution is 0.104. The van der Waals surface area contributed by atoms with Crippen LogP contribution in [-0.2, 0) is 0 Å². The van der Waals surface area contributed by atoms with Crippen LogP contribution in [0.4, 0.5) is 0 Å². The minimum Gasteiger partial charge on any atom is -0.493 e. The molecule has 0 heterocycles. The lowest BCUT2D eigenvalue weighted by Crippen LogP contribution is -2.02. The molecule has 0 fully saturated rings. The third-order valence-corrected chi connectivity index (χ3v) is 3.63. The predicted octanol–water partition coefficient (Wildman–Crippen LogP) is 5.05. The van der Waals surface area contributed by atoms with E-state index in [1.807, 2.05) is 36.4 Å². The molecule has 0 aliphatic heterocycles. The topological polar surface area (TPSA) is 50.1 Å². The Morgan fingerprint density at radius 1 is 1.08 bits per heavy atom. The van der Waals surface area contributed by atoms with Crippen molar-refractivity contribution in [3.63, 3.8) is 0 Å². The molecule has 2 aromatic rings. The van der Waals surface area contributed by atoms with Gasteiger partial charge in [0, 0.05) is 11.1 Å². The van der Waals surface area contributed by atoms with E-state index in [-0.39, 0.29) is 11.4 Å². The number of Topliss-reactive ketones (excluding diaryl/α,β-unsaturated/α-hetero) is 1. The van der Waals surface area contributed by atoms with Crippen LogP contribution < -0.4 is 4.74 Å². The Balaban J connectivity index is 2.22. The molecule has 24 heavy (non-hydrogen) atoms. The van der Waals surface area contributed by atoms with Gasteiger partial charge < -0.3 is 4.74 Å². The van der Waals surface area contributed by atoms with E-state index in [9.17, 15) is 10.1 Å². The van der Waals surface area contributed by atoms with Gasteiger partial charge in [0.15, 0.2) is 0 Å². The molecule has 0 N–H and O–H groups in total. The van der Waals surface area contributed by atoms with Gasteiger partial charge in [-0.25, -0.2) is 0 Å². The van der Waals surface area contributed by atoms with Crippen LogP contribution in [0.15, 0.2) is 60.2 Å². The van der Waals surface area contributed by atoms with Gasteiger partial charge in [-0.15, -0.1) is 0 Å². The maximum atomic E-state index is 12.5. The highest BCUT2D eigenvalue weighted by Crippen LogP contribution is 2.22. The number of hydrogen-bond acceptors (Lipinski definition) is 3. The molecule has 0 aliphatic carbocycles. The first-order valence-electron chi connectivity index (χ1n) is 8.19. The summed E-state index contributed by atoms with van der Waals surface area (Å²) in [6.45, 7) is 2.78. The molecule has 0 unspecified atom stereocenters. The van der Waals surface area contributed by atoms with Crippen LogP contribution in [0.2, 0.25) is 0 Å². The second-order valence-electron chi connectivity index (χ2n) is 5.46. The summed E-state index contributed by atoms with van der Waals surface area (Å²) in [5, 5.41) is 9.38. The van der Waals surface area contributed by atoms with Crippen molar-refractivity contribution in [3.8, 4) is 11.8 Å². The molecule has 0 aliphatic rings. The number of ether oxygens (including phenoxy) is 1. The Hall–Kier alpha value is -2.86. The summed E-state index contributed by atoms with van der Waals surface area (Å²) in [5.74, 6) is 0.418. The number of benzene rings is 2. The lowest BCUT2D eigenvalue weighted by Gasteiger charge is -2.09. The van der Waals surface area contributed by atoms with Gasteiger partial charge in [0.1, 0.15) is 17.4 Å². The van der Waals surface area contributed by atoms with Crippen molar-refractivity contribution in [1.29, 1.82) is 5.26 Å². The fourth-order valence-electron chi connectivity index (χ4n) is 2.31. The van der Waals surface area contributed by atoms with E-state index in [2.05, 4.69) is 6.92 Å². The minimum absolute atomic E-state index is 0.103. The van der Waals surface area contributed by atoms with Crippen LogP contribution in [0.5, 0.6) is 5.75 Å². The summed E-state index contributed by atoms with van der Waals surface area (Å²) in [6, 6.07) is 18.3. The molecule has 2 rings (SSSR count). The number of carbonyl (C=O) groups excluding carboxylic acids is 1. The molecule has 0 atom stereocenters. The maximum Gasteiger partial charge on any atom is 0.203 e. The molecule has 3 nitrogen and oxygen atoms in total. The molecule has 0 radical (unpaired) electrons. The number of hydrogen-bond donors (Lipinski definition) is 0. The van der Waals surface area contributed by atoms with Crippen LogP contribution in [0.1, 0.15) is 42.1 Å². The SMILES string of the molecule is CCCCCOc1ccccc1/C=C(/C#N)C(=O)c1ccccc1. The fourth-order valence-corrected chi connectivity index (χ4v) is 2.31. The highest BCUT2D eigenvalue weighted by molar-refractivity contribution is 6.14. The first-order chi connectivity index (χ1) is 11.8. The van der Waals surface area contributed by atoms with Crippen LogP contribution >= 0.6 is 0 Å². The smallest absolute Gasteiger partial charge is 0.203 e. The Morgan fingerprint density at radius 2 is 1.79 bits per heavy atom. The summed E-state index contributed by atoms with van der Waals surface area (Å²) < 4.78 is 5.80. The third-order valence-electron chi connectivity index (χ3n) is 3.63. The quantitative estimate of drug-likeness (QED) is 0.296. The minimum atomic E-state index is -0.279. The van der Waals surface area contributed by atoms with E-state index >= 15 is 0 Å². The van der Waals surface area contributed by atoms with Gasteiger partial charge in [0.25, 0.3) is 0 Å². The average molecular weight is 319 g/mol. The Morgan fingerprint density at radius 3 is 2.50 bits per heavy atom. The summed E-state index contributed by atoms with van der Waals surface area (Å²) in [5.41, 5.74) is 1.35. The average Bonchev–Trinajstić information content (AvgIpc) is 2.64. The van der Waals surface area contributed by atoms with Gasteiger partial charge in [-0.1, -0.05) is 68.3 Å². The molecule has 0 saturated carbocycles. The fraction of sp³-hybridized carbons (Fsp3) is 0.238. The predicted molar refractivity (Wildman–Crippen MR) is 95.8 cm³/mol. The summed E-state index contributed by atoms with van der Waals surface area (Å²) in [4.78, 5) is 12.5. The number of ketones is 1. The molecule has 3 heteroatoms. The second-order valence-corrected chi connectivity index (χ2v) is 5.46. The monoisotopic (exact) mass is 319 g/mol. The number of rotatable bonds is 8. The molecular weight excluding hydrogens is 298 g/mol. The van der Waals surface area contributed by atoms with Crippen molar-refractivity contribution in [2.75, 3.05) is 6.61 Å². The number of carbonyl (C=O) groups is 1. The van der Waals surface area contributed by atoms with Crippen LogP contribution in [-0.4, -0.2) is 12.4 Å². The van der Waals surface area contributed by atoms with Gasteiger partial charge in [0.2, 0.25) is 5.78 Å². The Bertz CT molecular complexity index is 742. The van der Waals surface area contributed by atoms with Crippen LogP contribution in [0, 0.1) is 11.3 Å². The molecule has 0 saturated heterocycles. The van der Waals surface area contributed by atoms with E-state index in [4.69, 9.17) is 4.74 Å². The number of allylic oxidation sites excluding steroid dienone is 1. The molecule has 0 bridgehead atoms. The molecule has 2 aromatic carbocycles.